The first-order chi connectivity index (χ1) is 19.0. The molecule has 0 bridgehead atoms. The van der Waals surface area contributed by atoms with Gasteiger partial charge in [-0.2, -0.15) is 0 Å². The van der Waals surface area contributed by atoms with E-state index in [0.29, 0.717) is 29.3 Å². The van der Waals surface area contributed by atoms with Crippen molar-refractivity contribution in [1.82, 2.24) is 10.2 Å². The summed E-state index contributed by atoms with van der Waals surface area (Å²) in [4.78, 5) is 28.6. The first-order valence-electron chi connectivity index (χ1n) is 13.1. The number of hydrogen-bond donors (Lipinski definition) is 1. The lowest BCUT2D eigenvalue weighted by Gasteiger charge is -2.33. The molecule has 214 valence electrons. The van der Waals surface area contributed by atoms with E-state index in [1.54, 1.807) is 57.4 Å². The van der Waals surface area contributed by atoms with E-state index in [4.69, 9.17) is 16.3 Å². The van der Waals surface area contributed by atoms with Gasteiger partial charge in [-0.15, -0.1) is 0 Å². The zero-order valence-corrected chi connectivity index (χ0v) is 25.1. The summed E-state index contributed by atoms with van der Waals surface area (Å²) in [5.74, 6) is -0.174. The molecule has 40 heavy (non-hydrogen) atoms. The number of aryl methyl sites for hydroxylation is 2. The molecule has 10 heteroatoms. The Labute approximate surface area is 241 Å². The summed E-state index contributed by atoms with van der Waals surface area (Å²) >= 11 is 6.28. The lowest BCUT2D eigenvalue weighted by atomic mass is 10.1. The summed E-state index contributed by atoms with van der Waals surface area (Å²) in [7, 11) is -2.61. The highest BCUT2D eigenvalue weighted by Crippen LogP contribution is 2.30. The third kappa shape index (κ3) is 7.34. The molecule has 0 unspecified atom stereocenters. The Morgan fingerprint density at radius 1 is 0.975 bits per heavy atom. The number of ether oxygens (including phenoxy) is 1. The van der Waals surface area contributed by atoms with E-state index in [2.05, 4.69) is 5.32 Å². The van der Waals surface area contributed by atoms with Crippen molar-refractivity contribution in [3.05, 3.63) is 88.4 Å². The minimum Gasteiger partial charge on any atom is -0.497 e. The van der Waals surface area contributed by atoms with Gasteiger partial charge in [0.25, 0.3) is 10.0 Å². The standard InChI is InChI=1S/C30H36ClN3O5S/c1-6-27(30(36)32-7-2)33(19-23-11-14-25(39-5)15-12-23)29(35)20-34(28-18-24(31)13-10-22(28)4)40(37,38)26-16-8-21(3)9-17-26/h8-18,27H,6-7,19-20H2,1-5H3,(H,32,36)/t27-/m0/s1. The van der Waals surface area contributed by atoms with Crippen molar-refractivity contribution >= 4 is 39.1 Å². The Hall–Kier alpha value is -3.56. The molecule has 1 N–H and O–H groups in total. The van der Waals surface area contributed by atoms with Crippen LogP contribution in [-0.4, -0.2) is 51.4 Å². The summed E-state index contributed by atoms with van der Waals surface area (Å²) in [6.45, 7) is 7.22. The SMILES string of the molecule is CCNC(=O)[C@H](CC)N(Cc1ccc(OC)cc1)C(=O)CN(c1cc(Cl)ccc1C)S(=O)(=O)c1ccc(C)cc1. The monoisotopic (exact) mass is 585 g/mol. The van der Waals surface area contributed by atoms with Crippen LogP contribution in [0.25, 0.3) is 0 Å². The Balaban J connectivity index is 2.09. The molecule has 0 saturated carbocycles. The maximum absolute atomic E-state index is 14.1. The van der Waals surface area contributed by atoms with Gasteiger partial charge in [0.1, 0.15) is 18.3 Å². The average Bonchev–Trinajstić information content (AvgIpc) is 2.93. The number of hydrogen-bond acceptors (Lipinski definition) is 5. The molecule has 0 aromatic heterocycles. The molecule has 0 fully saturated rings. The van der Waals surface area contributed by atoms with Gasteiger partial charge < -0.3 is 15.0 Å². The van der Waals surface area contributed by atoms with E-state index >= 15 is 0 Å². The van der Waals surface area contributed by atoms with Crippen LogP contribution < -0.4 is 14.4 Å². The summed E-state index contributed by atoms with van der Waals surface area (Å²) in [6.07, 6.45) is 0.342. The highest BCUT2D eigenvalue weighted by atomic mass is 35.5. The summed E-state index contributed by atoms with van der Waals surface area (Å²) in [5.41, 5.74) is 2.59. The fraction of sp³-hybridized carbons (Fsp3) is 0.333. The molecule has 1 atom stereocenters. The molecular formula is C30H36ClN3O5S. The Kier molecular flexibility index (Phi) is 10.6. The van der Waals surface area contributed by atoms with Gasteiger partial charge in [0.15, 0.2) is 0 Å². The van der Waals surface area contributed by atoms with Crippen LogP contribution in [0, 0.1) is 13.8 Å². The number of anilines is 1. The quantitative estimate of drug-likeness (QED) is 0.319. The van der Waals surface area contributed by atoms with Crippen molar-refractivity contribution in [3.8, 4) is 5.75 Å². The third-order valence-corrected chi connectivity index (χ3v) is 8.59. The Morgan fingerprint density at radius 3 is 2.20 bits per heavy atom. The fourth-order valence-electron chi connectivity index (χ4n) is 4.34. The molecule has 3 rings (SSSR count). The molecule has 0 saturated heterocycles. The summed E-state index contributed by atoms with van der Waals surface area (Å²) < 4.78 is 34.3. The second-order valence-corrected chi connectivity index (χ2v) is 11.7. The number of likely N-dealkylation sites (N-methyl/N-ethyl adjacent to an activating group) is 1. The normalized spacial score (nSPS) is 11.9. The largest absolute Gasteiger partial charge is 0.497 e. The number of nitrogens with zero attached hydrogens (tertiary/aromatic N) is 2. The number of benzene rings is 3. The predicted molar refractivity (Wildman–Crippen MR) is 158 cm³/mol. The van der Waals surface area contributed by atoms with Crippen LogP contribution in [0.3, 0.4) is 0 Å². The van der Waals surface area contributed by atoms with Gasteiger partial charge in [-0.1, -0.05) is 54.4 Å². The molecule has 0 aliphatic rings. The van der Waals surface area contributed by atoms with Crippen LogP contribution in [0.2, 0.25) is 5.02 Å². The molecule has 3 aromatic rings. The second-order valence-electron chi connectivity index (χ2n) is 9.44. The lowest BCUT2D eigenvalue weighted by molar-refractivity contribution is -0.140. The number of amides is 2. The first kappa shape index (κ1) is 31.0. The van der Waals surface area contributed by atoms with E-state index < -0.39 is 28.5 Å². The molecule has 0 aliphatic carbocycles. The molecule has 8 nitrogen and oxygen atoms in total. The van der Waals surface area contributed by atoms with Crippen LogP contribution in [0.1, 0.15) is 37.0 Å². The van der Waals surface area contributed by atoms with E-state index in [0.717, 1.165) is 15.4 Å². The van der Waals surface area contributed by atoms with Crippen LogP contribution in [0.4, 0.5) is 5.69 Å². The molecule has 0 spiro atoms. The zero-order chi connectivity index (χ0) is 29.4. The minimum atomic E-state index is -4.17. The maximum atomic E-state index is 14.1. The predicted octanol–water partition coefficient (Wildman–Crippen LogP) is 5.10. The van der Waals surface area contributed by atoms with Crippen molar-refractivity contribution in [1.29, 1.82) is 0 Å². The number of carbonyl (C=O) groups excluding carboxylic acids is 2. The second kappa shape index (κ2) is 13.7. The smallest absolute Gasteiger partial charge is 0.264 e. The van der Waals surface area contributed by atoms with Crippen molar-refractivity contribution in [2.24, 2.45) is 0 Å². The fourth-order valence-corrected chi connectivity index (χ4v) is 5.98. The molecule has 3 aromatic carbocycles. The Morgan fingerprint density at radius 2 is 1.62 bits per heavy atom. The van der Waals surface area contributed by atoms with Crippen LogP contribution in [-0.2, 0) is 26.2 Å². The van der Waals surface area contributed by atoms with Gasteiger partial charge in [0.2, 0.25) is 11.8 Å². The van der Waals surface area contributed by atoms with Crippen molar-refractivity contribution in [3.63, 3.8) is 0 Å². The lowest BCUT2D eigenvalue weighted by Crippen LogP contribution is -2.52. The average molecular weight is 586 g/mol. The van der Waals surface area contributed by atoms with E-state index in [1.165, 1.54) is 23.1 Å². The number of carbonyl (C=O) groups is 2. The van der Waals surface area contributed by atoms with Crippen molar-refractivity contribution < 1.29 is 22.7 Å². The summed E-state index contributed by atoms with van der Waals surface area (Å²) in [5, 5.41) is 3.13. The number of rotatable bonds is 12. The zero-order valence-electron chi connectivity index (χ0n) is 23.5. The van der Waals surface area contributed by atoms with Gasteiger partial charge in [-0.3, -0.25) is 13.9 Å². The Bertz CT molecular complexity index is 1430. The van der Waals surface area contributed by atoms with Crippen LogP contribution in [0.5, 0.6) is 5.75 Å². The minimum absolute atomic E-state index is 0.0442. The maximum Gasteiger partial charge on any atom is 0.264 e. The molecule has 0 heterocycles. The molecule has 0 aliphatic heterocycles. The molecule has 0 radical (unpaired) electrons. The van der Waals surface area contributed by atoms with Gasteiger partial charge in [0, 0.05) is 18.1 Å². The number of methoxy groups -OCH3 is 1. The number of sulfonamides is 1. The van der Waals surface area contributed by atoms with Gasteiger partial charge >= 0.3 is 0 Å². The van der Waals surface area contributed by atoms with Gasteiger partial charge in [-0.25, -0.2) is 8.42 Å². The van der Waals surface area contributed by atoms with Crippen LogP contribution in [0.15, 0.2) is 71.6 Å². The highest BCUT2D eigenvalue weighted by molar-refractivity contribution is 7.92. The highest BCUT2D eigenvalue weighted by Gasteiger charge is 2.34. The van der Waals surface area contributed by atoms with Crippen molar-refractivity contribution in [2.45, 2.75) is 51.6 Å². The molecular weight excluding hydrogens is 550 g/mol. The van der Waals surface area contributed by atoms with Crippen LogP contribution >= 0.6 is 11.6 Å². The molecule has 2 amide bonds. The van der Waals surface area contributed by atoms with Gasteiger partial charge in [-0.05, 0) is 74.7 Å². The number of nitrogens with one attached hydrogen (secondary N) is 1. The van der Waals surface area contributed by atoms with E-state index in [-0.39, 0.29) is 23.0 Å². The number of halogens is 1. The van der Waals surface area contributed by atoms with E-state index in [1.807, 2.05) is 26.0 Å². The van der Waals surface area contributed by atoms with Gasteiger partial charge in [0.05, 0.1) is 17.7 Å². The third-order valence-electron chi connectivity index (χ3n) is 6.58. The van der Waals surface area contributed by atoms with Crippen molar-refractivity contribution in [2.75, 3.05) is 24.5 Å². The first-order valence-corrected chi connectivity index (χ1v) is 14.9. The summed E-state index contributed by atoms with van der Waals surface area (Å²) in [6, 6.07) is 17.7. The topological polar surface area (TPSA) is 96.0 Å². The van der Waals surface area contributed by atoms with E-state index in [9.17, 15) is 18.0 Å².